The molecule has 0 bridgehead atoms. The Morgan fingerprint density at radius 3 is 2.69 bits per heavy atom. The zero-order chi connectivity index (χ0) is 12.2. The second kappa shape index (κ2) is 4.78. The second-order valence-corrected chi connectivity index (χ2v) is 4.00. The van der Waals surface area contributed by atoms with Gasteiger partial charge in [-0.2, -0.15) is 5.10 Å². The molecular formula is C10H15N3O3. The van der Waals surface area contributed by atoms with Crippen LogP contribution in [0.1, 0.15) is 20.3 Å². The summed E-state index contributed by atoms with van der Waals surface area (Å²) in [6.07, 6.45) is 3.58. The van der Waals surface area contributed by atoms with E-state index < -0.39 is 11.5 Å². The molecular weight excluding hydrogens is 210 g/mol. The summed E-state index contributed by atoms with van der Waals surface area (Å²) in [4.78, 5) is 22.2. The van der Waals surface area contributed by atoms with E-state index >= 15 is 0 Å². The summed E-state index contributed by atoms with van der Waals surface area (Å²) in [6.45, 7) is 3.33. The molecule has 0 aliphatic heterocycles. The van der Waals surface area contributed by atoms with Crippen LogP contribution in [0.15, 0.2) is 18.5 Å². The SMILES string of the molecule is CC(C)(NC(=O)CCn1cccn1)C(=O)O. The van der Waals surface area contributed by atoms with Crippen molar-refractivity contribution in [2.24, 2.45) is 0 Å². The van der Waals surface area contributed by atoms with Crippen molar-refractivity contribution in [1.82, 2.24) is 15.1 Å². The minimum Gasteiger partial charge on any atom is -0.480 e. The summed E-state index contributed by atoms with van der Waals surface area (Å²) in [5.41, 5.74) is -1.23. The van der Waals surface area contributed by atoms with E-state index in [1.165, 1.54) is 13.8 Å². The van der Waals surface area contributed by atoms with E-state index in [0.717, 1.165) is 0 Å². The molecule has 1 heterocycles. The van der Waals surface area contributed by atoms with E-state index in [9.17, 15) is 9.59 Å². The Bertz CT molecular complexity index is 371. The van der Waals surface area contributed by atoms with Gasteiger partial charge in [0, 0.05) is 25.4 Å². The van der Waals surface area contributed by atoms with Gasteiger partial charge in [-0.1, -0.05) is 0 Å². The Morgan fingerprint density at radius 1 is 1.50 bits per heavy atom. The van der Waals surface area contributed by atoms with Gasteiger partial charge >= 0.3 is 5.97 Å². The highest BCUT2D eigenvalue weighted by Crippen LogP contribution is 2.02. The number of hydrogen-bond donors (Lipinski definition) is 2. The van der Waals surface area contributed by atoms with Crippen molar-refractivity contribution in [2.45, 2.75) is 32.4 Å². The zero-order valence-electron chi connectivity index (χ0n) is 9.30. The molecule has 2 N–H and O–H groups in total. The average molecular weight is 225 g/mol. The highest BCUT2D eigenvalue weighted by atomic mass is 16.4. The fourth-order valence-electron chi connectivity index (χ4n) is 1.11. The lowest BCUT2D eigenvalue weighted by Crippen LogP contribution is -2.49. The van der Waals surface area contributed by atoms with E-state index in [4.69, 9.17) is 5.11 Å². The topological polar surface area (TPSA) is 84.2 Å². The van der Waals surface area contributed by atoms with E-state index in [1.807, 2.05) is 0 Å². The lowest BCUT2D eigenvalue weighted by atomic mass is 10.1. The fourth-order valence-corrected chi connectivity index (χ4v) is 1.11. The summed E-state index contributed by atoms with van der Waals surface area (Å²) < 4.78 is 1.62. The minimum atomic E-state index is -1.23. The fraction of sp³-hybridized carbons (Fsp3) is 0.500. The van der Waals surface area contributed by atoms with E-state index in [2.05, 4.69) is 10.4 Å². The van der Waals surface area contributed by atoms with Gasteiger partial charge in [-0.05, 0) is 19.9 Å². The standard InChI is InChI=1S/C10H15N3O3/c1-10(2,9(15)16)12-8(14)4-7-13-6-3-5-11-13/h3,5-6H,4,7H2,1-2H3,(H,12,14)(H,15,16). The molecule has 16 heavy (non-hydrogen) atoms. The number of carbonyl (C=O) groups excluding carboxylic acids is 1. The zero-order valence-corrected chi connectivity index (χ0v) is 9.30. The van der Waals surface area contributed by atoms with Crippen molar-refractivity contribution in [3.8, 4) is 0 Å². The maximum Gasteiger partial charge on any atom is 0.328 e. The normalized spacial score (nSPS) is 11.1. The van der Waals surface area contributed by atoms with Crippen LogP contribution >= 0.6 is 0 Å². The summed E-state index contributed by atoms with van der Waals surface area (Å²) >= 11 is 0. The Labute approximate surface area is 93.3 Å². The third-order valence-corrected chi connectivity index (χ3v) is 2.11. The number of amides is 1. The van der Waals surface area contributed by atoms with Crippen molar-refractivity contribution in [3.05, 3.63) is 18.5 Å². The number of carbonyl (C=O) groups is 2. The van der Waals surface area contributed by atoms with E-state index in [1.54, 1.807) is 23.1 Å². The number of rotatable bonds is 5. The molecule has 0 fully saturated rings. The Morgan fingerprint density at radius 2 is 2.19 bits per heavy atom. The number of nitrogens with one attached hydrogen (secondary N) is 1. The number of hydrogen-bond acceptors (Lipinski definition) is 3. The van der Waals surface area contributed by atoms with Crippen LogP contribution in [0.4, 0.5) is 0 Å². The Kier molecular flexibility index (Phi) is 3.65. The van der Waals surface area contributed by atoms with Gasteiger partial charge in [0.2, 0.25) is 5.91 Å². The molecule has 0 aromatic carbocycles. The van der Waals surface area contributed by atoms with E-state index in [-0.39, 0.29) is 12.3 Å². The van der Waals surface area contributed by atoms with Crippen molar-refractivity contribution in [1.29, 1.82) is 0 Å². The molecule has 88 valence electrons. The molecule has 6 heteroatoms. The summed E-state index contributed by atoms with van der Waals surface area (Å²) in [7, 11) is 0. The first-order valence-electron chi connectivity index (χ1n) is 4.93. The molecule has 0 saturated carbocycles. The maximum absolute atomic E-state index is 11.4. The van der Waals surface area contributed by atoms with Crippen molar-refractivity contribution >= 4 is 11.9 Å². The van der Waals surface area contributed by atoms with Gasteiger partial charge in [-0.25, -0.2) is 4.79 Å². The predicted octanol–water partition coefficient (Wildman–Crippen LogP) is 0.253. The van der Waals surface area contributed by atoms with Gasteiger partial charge in [-0.3, -0.25) is 9.48 Å². The van der Waals surface area contributed by atoms with Gasteiger partial charge in [0.25, 0.3) is 0 Å². The first-order valence-corrected chi connectivity index (χ1v) is 4.93. The largest absolute Gasteiger partial charge is 0.480 e. The average Bonchev–Trinajstić information content (AvgIpc) is 2.66. The van der Waals surface area contributed by atoms with Crippen LogP contribution < -0.4 is 5.32 Å². The Balaban J connectivity index is 2.39. The molecule has 0 aliphatic rings. The number of aliphatic carboxylic acids is 1. The quantitative estimate of drug-likeness (QED) is 0.752. The second-order valence-electron chi connectivity index (χ2n) is 4.00. The molecule has 6 nitrogen and oxygen atoms in total. The molecule has 0 saturated heterocycles. The van der Waals surface area contributed by atoms with Crippen LogP contribution in [0, 0.1) is 0 Å². The lowest BCUT2D eigenvalue weighted by Gasteiger charge is -2.20. The van der Waals surface area contributed by atoms with Crippen LogP contribution in [0.3, 0.4) is 0 Å². The third-order valence-electron chi connectivity index (χ3n) is 2.11. The molecule has 1 aromatic rings. The number of carboxylic acid groups (broad SMARTS) is 1. The van der Waals surface area contributed by atoms with Gasteiger partial charge < -0.3 is 10.4 Å². The Hall–Kier alpha value is -1.85. The number of aryl methyl sites for hydroxylation is 1. The summed E-state index contributed by atoms with van der Waals surface area (Å²) in [5, 5.41) is 15.2. The number of carboxylic acids is 1. The van der Waals surface area contributed by atoms with E-state index in [0.29, 0.717) is 6.54 Å². The first-order chi connectivity index (χ1) is 7.42. The number of aromatic nitrogens is 2. The third kappa shape index (κ3) is 3.38. The van der Waals surface area contributed by atoms with Crippen molar-refractivity contribution in [2.75, 3.05) is 0 Å². The van der Waals surface area contributed by atoms with Crippen molar-refractivity contribution in [3.63, 3.8) is 0 Å². The predicted molar refractivity (Wildman–Crippen MR) is 56.7 cm³/mol. The monoisotopic (exact) mass is 225 g/mol. The lowest BCUT2D eigenvalue weighted by molar-refractivity contribution is -0.146. The van der Waals surface area contributed by atoms with Crippen molar-refractivity contribution < 1.29 is 14.7 Å². The first kappa shape index (κ1) is 12.2. The van der Waals surface area contributed by atoms with Gasteiger partial charge in [-0.15, -0.1) is 0 Å². The highest BCUT2D eigenvalue weighted by Gasteiger charge is 2.28. The highest BCUT2D eigenvalue weighted by molar-refractivity contribution is 5.86. The molecule has 0 unspecified atom stereocenters. The summed E-state index contributed by atoms with van der Waals surface area (Å²) in [5.74, 6) is -1.36. The van der Waals surface area contributed by atoms with Gasteiger partial charge in [0.15, 0.2) is 0 Å². The smallest absolute Gasteiger partial charge is 0.328 e. The summed E-state index contributed by atoms with van der Waals surface area (Å²) in [6, 6.07) is 1.76. The molecule has 0 radical (unpaired) electrons. The van der Waals surface area contributed by atoms with Crippen LogP contribution in [0.25, 0.3) is 0 Å². The molecule has 1 rings (SSSR count). The van der Waals surface area contributed by atoms with Gasteiger partial charge in [0.1, 0.15) is 5.54 Å². The minimum absolute atomic E-state index is 0.207. The molecule has 1 amide bonds. The maximum atomic E-state index is 11.4. The van der Waals surface area contributed by atoms with Crippen LogP contribution in [0.2, 0.25) is 0 Å². The molecule has 1 aromatic heterocycles. The number of nitrogens with zero attached hydrogens (tertiary/aromatic N) is 2. The molecule has 0 spiro atoms. The van der Waals surface area contributed by atoms with Crippen LogP contribution in [-0.2, 0) is 16.1 Å². The molecule has 0 aliphatic carbocycles. The van der Waals surface area contributed by atoms with Crippen LogP contribution in [0.5, 0.6) is 0 Å². The van der Waals surface area contributed by atoms with Crippen LogP contribution in [-0.4, -0.2) is 32.3 Å². The molecule has 0 atom stereocenters. The van der Waals surface area contributed by atoms with Gasteiger partial charge in [0.05, 0.1) is 0 Å².